The number of carboxylic acid groups (broad SMARTS) is 1. The molecule has 0 spiro atoms. The molecule has 1 rings (SSSR count). The molecule has 0 amide bonds. The number of hydrogen-bond acceptors (Lipinski definition) is 5. The molecular formula is C10H11BrN2O6S. The standard InChI is InChI=1S/C10H11BrN2O6S/c1-5-3-7(11)8(4-9(5)13(16)17)12-20(18,19)6(2)10(14)15/h3-4,6,12H,1-2H3,(H,14,15). The summed E-state index contributed by atoms with van der Waals surface area (Å²) in [5, 5.41) is 17.8. The Labute approximate surface area is 123 Å². The first kappa shape index (κ1) is 16.4. The smallest absolute Gasteiger partial charge is 0.323 e. The van der Waals surface area contributed by atoms with Gasteiger partial charge in [-0.1, -0.05) is 0 Å². The summed E-state index contributed by atoms with van der Waals surface area (Å²) in [6, 6.07) is 2.41. The molecule has 1 atom stereocenters. The summed E-state index contributed by atoms with van der Waals surface area (Å²) in [6.07, 6.45) is 0. The van der Waals surface area contributed by atoms with Gasteiger partial charge in [0, 0.05) is 16.1 Å². The van der Waals surface area contributed by atoms with Crippen LogP contribution in [0.5, 0.6) is 0 Å². The largest absolute Gasteiger partial charge is 0.480 e. The molecule has 8 nitrogen and oxygen atoms in total. The second-order valence-electron chi connectivity index (χ2n) is 4.00. The van der Waals surface area contributed by atoms with E-state index in [0.29, 0.717) is 5.56 Å². The van der Waals surface area contributed by atoms with Gasteiger partial charge in [-0.25, -0.2) is 8.42 Å². The summed E-state index contributed by atoms with van der Waals surface area (Å²) >= 11 is 3.07. The summed E-state index contributed by atoms with van der Waals surface area (Å²) in [4.78, 5) is 20.9. The molecule has 20 heavy (non-hydrogen) atoms. The molecule has 10 heteroatoms. The number of rotatable bonds is 5. The van der Waals surface area contributed by atoms with E-state index >= 15 is 0 Å². The van der Waals surface area contributed by atoms with Crippen LogP contribution in [0, 0.1) is 17.0 Å². The molecule has 110 valence electrons. The minimum Gasteiger partial charge on any atom is -0.480 e. The molecule has 0 saturated carbocycles. The van der Waals surface area contributed by atoms with Gasteiger partial charge < -0.3 is 5.11 Å². The van der Waals surface area contributed by atoms with Gasteiger partial charge in [0.05, 0.1) is 10.6 Å². The van der Waals surface area contributed by atoms with E-state index < -0.39 is 26.2 Å². The van der Waals surface area contributed by atoms with Gasteiger partial charge in [0.1, 0.15) is 0 Å². The first-order chi connectivity index (χ1) is 9.06. The third-order valence-corrected chi connectivity index (χ3v) is 4.84. The van der Waals surface area contributed by atoms with Gasteiger partial charge in [-0.05, 0) is 35.8 Å². The number of halogens is 1. The summed E-state index contributed by atoms with van der Waals surface area (Å²) in [5.74, 6) is -1.52. The van der Waals surface area contributed by atoms with Crippen LogP contribution in [0.4, 0.5) is 11.4 Å². The quantitative estimate of drug-likeness (QED) is 0.604. The average molecular weight is 367 g/mol. The van der Waals surface area contributed by atoms with E-state index in [0.717, 1.165) is 13.0 Å². The zero-order chi connectivity index (χ0) is 15.7. The number of hydrogen-bond donors (Lipinski definition) is 2. The molecule has 1 aromatic carbocycles. The van der Waals surface area contributed by atoms with Crippen molar-refractivity contribution >= 4 is 43.3 Å². The Morgan fingerprint density at radius 1 is 1.50 bits per heavy atom. The second kappa shape index (κ2) is 5.75. The fourth-order valence-corrected chi connectivity index (χ4v) is 2.92. The molecule has 0 aromatic heterocycles. The SMILES string of the molecule is Cc1cc(Br)c(NS(=O)(=O)C(C)C(=O)O)cc1[N+](=O)[O-]. The molecule has 0 fully saturated rings. The van der Waals surface area contributed by atoms with Gasteiger partial charge in [0.2, 0.25) is 10.0 Å². The topological polar surface area (TPSA) is 127 Å². The Morgan fingerprint density at radius 2 is 2.05 bits per heavy atom. The number of nitrogens with zero attached hydrogens (tertiary/aromatic N) is 1. The zero-order valence-electron chi connectivity index (χ0n) is 10.5. The Hall–Kier alpha value is -1.68. The van der Waals surface area contributed by atoms with Crippen LogP contribution in [0.25, 0.3) is 0 Å². The minimum atomic E-state index is -4.19. The number of benzene rings is 1. The van der Waals surface area contributed by atoms with E-state index in [2.05, 4.69) is 15.9 Å². The number of carboxylic acids is 1. The van der Waals surface area contributed by atoms with Crippen LogP contribution >= 0.6 is 15.9 Å². The Morgan fingerprint density at radius 3 is 2.50 bits per heavy atom. The van der Waals surface area contributed by atoms with Gasteiger partial charge in [0.25, 0.3) is 5.69 Å². The molecule has 0 bridgehead atoms. The average Bonchev–Trinajstić information content (AvgIpc) is 2.30. The van der Waals surface area contributed by atoms with Gasteiger partial charge in [-0.15, -0.1) is 0 Å². The summed E-state index contributed by atoms with van der Waals surface area (Å²) < 4.78 is 25.9. The number of anilines is 1. The van der Waals surface area contributed by atoms with E-state index in [1.54, 1.807) is 0 Å². The Bertz CT molecular complexity index is 673. The van der Waals surface area contributed by atoms with Crippen molar-refractivity contribution in [3.63, 3.8) is 0 Å². The van der Waals surface area contributed by atoms with Crippen molar-refractivity contribution in [2.45, 2.75) is 19.1 Å². The number of nitrogens with one attached hydrogen (secondary N) is 1. The number of carbonyl (C=O) groups is 1. The number of nitro benzene ring substituents is 1. The van der Waals surface area contributed by atoms with Crippen molar-refractivity contribution in [3.05, 3.63) is 32.3 Å². The van der Waals surface area contributed by atoms with Gasteiger partial charge in [-0.2, -0.15) is 0 Å². The molecule has 0 radical (unpaired) electrons. The van der Waals surface area contributed by atoms with E-state index in [9.17, 15) is 23.3 Å². The lowest BCUT2D eigenvalue weighted by Gasteiger charge is -2.13. The van der Waals surface area contributed by atoms with Crippen LogP contribution in [-0.2, 0) is 14.8 Å². The molecule has 2 N–H and O–H groups in total. The van der Waals surface area contributed by atoms with Gasteiger partial charge >= 0.3 is 5.97 Å². The molecule has 0 saturated heterocycles. The zero-order valence-corrected chi connectivity index (χ0v) is 12.9. The number of sulfonamides is 1. The second-order valence-corrected chi connectivity index (χ2v) is 6.86. The predicted molar refractivity (Wildman–Crippen MR) is 75.2 cm³/mol. The molecule has 0 aliphatic carbocycles. The van der Waals surface area contributed by atoms with Crippen molar-refractivity contribution in [3.8, 4) is 0 Å². The van der Waals surface area contributed by atoms with E-state index in [1.807, 2.05) is 4.72 Å². The fourth-order valence-electron chi connectivity index (χ4n) is 1.31. The summed E-state index contributed by atoms with van der Waals surface area (Å²) in [5.41, 5.74) is -0.0135. The molecule has 0 aliphatic heterocycles. The molecular weight excluding hydrogens is 356 g/mol. The predicted octanol–water partition coefficient (Wildman–Crippen LogP) is 1.88. The van der Waals surface area contributed by atoms with Crippen molar-refractivity contribution < 1.29 is 23.2 Å². The maximum atomic E-state index is 11.8. The minimum absolute atomic E-state index is 0.0876. The first-order valence-corrected chi connectivity index (χ1v) is 7.59. The highest BCUT2D eigenvalue weighted by atomic mass is 79.9. The van der Waals surface area contributed by atoms with Crippen LogP contribution in [0.15, 0.2) is 16.6 Å². The molecule has 0 aliphatic rings. The van der Waals surface area contributed by atoms with Crippen LogP contribution in [-0.4, -0.2) is 29.7 Å². The highest BCUT2D eigenvalue weighted by molar-refractivity contribution is 9.10. The third kappa shape index (κ3) is 3.45. The number of aryl methyl sites for hydroxylation is 1. The highest BCUT2D eigenvalue weighted by Crippen LogP contribution is 2.31. The van der Waals surface area contributed by atoms with Crippen LogP contribution in [0.2, 0.25) is 0 Å². The molecule has 1 unspecified atom stereocenters. The van der Waals surface area contributed by atoms with Crippen LogP contribution < -0.4 is 4.72 Å². The maximum absolute atomic E-state index is 11.8. The lowest BCUT2D eigenvalue weighted by molar-refractivity contribution is -0.385. The third-order valence-electron chi connectivity index (χ3n) is 2.55. The van der Waals surface area contributed by atoms with Crippen molar-refractivity contribution in [2.24, 2.45) is 0 Å². The number of aliphatic carboxylic acids is 1. The monoisotopic (exact) mass is 366 g/mol. The van der Waals surface area contributed by atoms with Crippen molar-refractivity contribution in [1.82, 2.24) is 0 Å². The van der Waals surface area contributed by atoms with Crippen molar-refractivity contribution in [2.75, 3.05) is 4.72 Å². The summed E-state index contributed by atoms with van der Waals surface area (Å²) in [6.45, 7) is 2.50. The van der Waals surface area contributed by atoms with Gasteiger partial charge in [0.15, 0.2) is 5.25 Å². The highest BCUT2D eigenvalue weighted by Gasteiger charge is 2.29. The lowest BCUT2D eigenvalue weighted by Crippen LogP contribution is -2.32. The molecule has 0 heterocycles. The summed E-state index contributed by atoms with van der Waals surface area (Å²) in [7, 11) is -4.19. The van der Waals surface area contributed by atoms with Crippen LogP contribution in [0.1, 0.15) is 12.5 Å². The van der Waals surface area contributed by atoms with E-state index in [4.69, 9.17) is 5.11 Å². The van der Waals surface area contributed by atoms with E-state index in [1.165, 1.54) is 13.0 Å². The van der Waals surface area contributed by atoms with Gasteiger partial charge in [-0.3, -0.25) is 19.6 Å². The van der Waals surface area contributed by atoms with Crippen LogP contribution in [0.3, 0.4) is 0 Å². The maximum Gasteiger partial charge on any atom is 0.323 e. The fraction of sp³-hybridized carbons (Fsp3) is 0.300. The normalized spacial score (nSPS) is 12.8. The number of nitro groups is 1. The first-order valence-electron chi connectivity index (χ1n) is 5.25. The Kier molecular flexibility index (Phi) is 4.71. The Balaban J connectivity index is 3.26. The molecule has 1 aromatic rings. The van der Waals surface area contributed by atoms with Crippen molar-refractivity contribution in [1.29, 1.82) is 0 Å². The lowest BCUT2D eigenvalue weighted by atomic mass is 10.2. The van der Waals surface area contributed by atoms with E-state index in [-0.39, 0.29) is 15.8 Å².